The SMILES string of the molecule is CC(=O)Oc1ccc([NH+]([O-])O)cc1. The molecule has 0 saturated heterocycles. The van der Waals surface area contributed by atoms with Crippen molar-refractivity contribution in [3.63, 3.8) is 0 Å². The third kappa shape index (κ3) is 2.83. The van der Waals surface area contributed by atoms with Gasteiger partial charge in [-0.2, -0.15) is 5.23 Å². The van der Waals surface area contributed by atoms with E-state index in [0.29, 0.717) is 5.75 Å². The zero-order valence-electron chi connectivity index (χ0n) is 6.98. The summed E-state index contributed by atoms with van der Waals surface area (Å²) in [4.78, 5) is 10.5. The average molecular weight is 183 g/mol. The highest BCUT2D eigenvalue weighted by Gasteiger charge is 2.01. The molecule has 2 N–H and O–H groups in total. The second-order valence-electron chi connectivity index (χ2n) is 2.42. The van der Waals surface area contributed by atoms with Gasteiger partial charge in [-0.25, -0.2) is 5.21 Å². The van der Waals surface area contributed by atoms with E-state index in [1.165, 1.54) is 31.2 Å². The van der Waals surface area contributed by atoms with E-state index in [4.69, 9.17) is 9.94 Å². The quantitative estimate of drug-likeness (QED) is 0.385. The molecule has 0 aliphatic rings. The van der Waals surface area contributed by atoms with Gasteiger partial charge in [0.15, 0.2) is 5.69 Å². The first kappa shape index (κ1) is 9.66. The number of nitrogens with one attached hydrogen (secondary N) is 1. The molecule has 1 rings (SSSR count). The van der Waals surface area contributed by atoms with Crippen molar-refractivity contribution in [2.24, 2.45) is 0 Å². The second-order valence-corrected chi connectivity index (χ2v) is 2.42. The second kappa shape index (κ2) is 3.99. The number of quaternary nitrogens is 1. The van der Waals surface area contributed by atoms with Crippen LogP contribution in [0.4, 0.5) is 5.69 Å². The maximum Gasteiger partial charge on any atom is 0.308 e. The van der Waals surface area contributed by atoms with E-state index in [2.05, 4.69) is 0 Å². The molecule has 5 nitrogen and oxygen atoms in total. The van der Waals surface area contributed by atoms with Gasteiger partial charge in [0.2, 0.25) is 0 Å². The van der Waals surface area contributed by atoms with E-state index >= 15 is 0 Å². The van der Waals surface area contributed by atoms with E-state index in [0.717, 1.165) is 0 Å². The van der Waals surface area contributed by atoms with Gasteiger partial charge in [0, 0.05) is 19.1 Å². The minimum atomic E-state index is -1.01. The van der Waals surface area contributed by atoms with Crippen LogP contribution in [0.15, 0.2) is 24.3 Å². The highest BCUT2D eigenvalue weighted by atomic mass is 16.8. The molecule has 5 heteroatoms. The zero-order valence-corrected chi connectivity index (χ0v) is 6.98. The fraction of sp³-hybridized carbons (Fsp3) is 0.125. The lowest BCUT2D eigenvalue weighted by Gasteiger charge is -2.11. The maximum absolute atomic E-state index is 10.5. The number of rotatable bonds is 2. The molecule has 0 heterocycles. The van der Waals surface area contributed by atoms with Crippen molar-refractivity contribution in [2.75, 3.05) is 0 Å². The normalized spacial score (nSPS) is 12.2. The summed E-state index contributed by atoms with van der Waals surface area (Å²) in [6.07, 6.45) is 0. The Morgan fingerprint density at radius 3 is 2.38 bits per heavy atom. The summed E-state index contributed by atoms with van der Waals surface area (Å²) in [6.45, 7) is 1.28. The van der Waals surface area contributed by atoms with E-state index in [-0.39, 0.29) is 5.69 Å². The molecular formula is C8H9NO4. The highest BCUT2D eigenvalue weighted by Crippen LogP contribution is 2.12. The van der Waals surface area contributed by atoms with Crippen molar-refractivity contribution in [1.82, 2.24) is 0 Å². The van der Waals surface area contributed by atoms with Crippen LogP contribution in [0.25, 0.3) is 0 Å². The molecule has 0 radical (unpaired) electrons. The first-order valence-corrected chi connectivity index (χ1v) is 3.61. The predicted molar refractivity (Wildman–Crippen MR) is 43.5 cm³/mol. The van der Waals surface area contributed by atoms with Crippen molar-refractivity contribution >= 4 is 11.7 Å². The molecule has 0 aliphatic heterocycles. The molecule has 0 spiro atoms. The average Bonchev–Trinajstić information content (AvgIpc) is 2.04. The molecule has 0 amide bonds. The molecule has 1 unspecified atom stereocenters. The third-order valence-electron chi connectivity index (χ3n) is 1.36. The van der Waals surface area contributed by atoms with Gasteiger partial charge in [0.25, 0.3) is 0 Å². The van der Waals surface area contributed by atoms with Crippen LogP contribution in [-0.4, -0.2) is 11.2 Å². The minimum Gasteiger partial charge on any atom is -0.595 e. The van der Waals surface area contributed by atoms with Crippen LogP contribution in [0.5, 0.6) is 5.75 Å². The molecule has 70 valence electrons. The molecule has 0 aromatic heterocycles. The lowest BCUT2D eigenvalue weighted by Crippen LogP contribution is -2.99. The Kier molecular flexibility index (Phi) is 2.97. The Morgan fingerprint density at radius 1 is 1.46 bits per heavy atom. The van der Waals surface area contributed by atoms with Crippen LogP contribution in [0, 0.1) is 5.21 Å². The molecule has 13 heavy (non-hydrogen) atoms. The van der Waals surface area contributed by atoms with Crippen molar-refractivity contribution < 1.29 is 20.0 Å². The van der Waals surface area contributed by atoms with Crippen LogP contribution in [0.2, 0.25) is 0 Å². The smallest absolute Gasteiger partial charge is 0.308 e. The van der Waals surface area contributed by atoms with E-state index in [9.17, 15) is 10.0 Å². The van der Waals surface area contributed by atoms with E-state index < -0.39 is 11.2 Å². The molecule has 1 aromatic rings. The van der Waals surface area contributed by atoms with Gasteiger partial charge in [-0.05, 0) is 12.1 Å². The van der Waals surface area contributed by atoms with Crippen LogP contribution in [-0.2, 0) is 4.79 Å². The van der Waals surface area contributed by atoms with E-state index in [1.54, 1.807) is 0 Å². The van der Waals surface area contributed by atoms with Crippen molar-refractivity contribution in [1.29, 1.82) is 0 Å². The number of carbonyl (C=O) groups excluding carboxylic acids is 1. The van der Waals surface area contributed by atoms with Gasteiger partial charge in [-0.3, -0.25) is 4.79 Å². The molecule has 0 saturated carbocycles. The minimum absolute atomic E-state index is 0.163. The number of hydrogen-bond acceptors (Lipinski definition) is 4. The molecule has 0 fully saturated rings. The van der Waals surface area contributed by atoms with E-state index in [1.807, 2.05) is 0 Å². The Labute approximate surface area is 74.7 Å². The van der Waals surface area contributed by atoms with Gasteiger partial charge in [0.1, 0.15) is 5.75 Å². The monoisotopic (exact) mass is 183 g/mol. The van der Waals surface area contributed by atoms with Crippen molar-refractivity contribution in [3.05, 3.63) is 29.5 Å². The van der Waals surface area contributed by atoms with Crippen molar-refractivity contribution in [2.45, 2.75) is 6.92 Å². The Balaban J connectivity index is 2.75. The molecule has 1 atom stereocenters. The van der Waals surface area contributed by atoms with Crippen molar-refractivity contribution in [3.8, 4) is 5.75 Å². The van der Waals surface area contributed by atoms with Gasteiger partial charge >= 0.3 is 5.97 Å². The fourth-order valence-corrected chi connectivity index (χ4v) is 0.832. The summed E-state index contributed by atoms with van der Waals surface area (Å²) in [5, 5.41) is 18.0. The number of esters is 1. The summed E-state index contributed by atoms with van der Waals surface area (Å²) in [7, 11) is 0. The molecule has 1 aromatic carbocycles. The predicted octanol–water partition coefficient (Wildman–Crippen LogP) is 0.0153. The first-order valence-electron chi connectivity index (χ1n) is 3.61. The standard InChI is InChI=1S/C8H9NO4/c1-6(10)13-8-4-2-7(3-5-8)9(11)12/h2-5,9,11H,1H3. The van der Waals surface area contributed by atoms with Gasteiger partial charge < -0.3 is 9.94 Å². The third-order valence-corrected chi connectivity index (χ3v) is 1.36. The Hall–Kier alpha value is -1.43. The van der Waals surface area contributed by atoms with Crippen LogP contribution >= 0.6 is 0 Å². The lowest BCUT2D eigenvalue weighted by atomic mass is 10.3. The summed E-state index contributed by atoms with van der Waals surface area (Å²) in [6, 6.07) is 5.62. The van der Waals surface area contributed by atoms with Gasteiger partial charge in [0.05, 0.1) is 0 Å². The molecule has 0 bridgehead atoms. The summed E-state index contributed by atoms with van der Waals surface area (Å²) in [5.74, 6) is -0.0828. The zero-order chi connectivity index (χ0) is 9.84. The van der Waals surface area contributed by atoms with Crippen LogP contribution in [0.1, 0.15) is 6.92 Å². The lowest BCUT2D eigenvalue weighted by molar-refractivity contribution is -0.991. The summed E-state index contributed by atoms with van der Waals surface area (Å²) in [5.41, 5.74) is 0.163. The topological polar surface area (TPSA) is 74.0 Å². The number of benzene rings is 1. The highest BCUT2D eigenvalue weighted by molar-refractivity contribution is 5.69. The first-order chi connectivity index (χ1) is 6.09. The Morgan fingerprint density at radius 2 is 2.00 bits per heavy atom. The fourth-order valence-electron chi connectivity index (χ4n) is 0.832. The maximum atomic E-state index is 10.5. The largest absolute Gasteiger partial charge is 0.595 e. The van der Waals surface area contributed by atoms with Gasteiger partial charge in [-0.1, -0.05) is 0 Å². The van der Waals surface area contributed by atoms with Gasteiger partial charge in [-0.15, -0.1) is 0 Å². The number of ether oxygens (including phenoxy) is 1. The Bertz CT molecular complexity index is 294. The number of hydrogen-bond donors (Lipinski definition) is 2. The molecule has 0 aliphatic carbocycles. The molecular weight excluding hydrogens is 174 g/mol. The number of carbonyl (C=O) groups is 1. The van der Waals surface area contributed by atoms with Crippen LogP contribution in [0.3, 0.4) is 0 Å². The summed E-state index contributed by atoms with van der Waals surface area (Å²) < 4.78 is 4.72. The summed E-state index contributed by atoms with van der Waals surface area (Å²) >= 11 is 0. The van der Waals surface area contributed by atoms with Crippen LogP contribution < -0.4 is 9.96 Å².